The molecule has 1 aliphatic carbocycles. The zero-order valence-electron chi connectivity index (χ0n) is 13.3. The highest BCUT2D eigenvalue weighted by molar-refractivity contribution is 6.42. The fourth-order valence-electron chi connectivity index (χ4n) is 3.47. The lowest BCUT2D eigenvalue weighted by atomic mass is 9.76. The Morgan fingerprint density at radius 1 is 1.19 bits per heavy atom. The van der Waals surface area contributed by atoms with Gasteiger partial charge < -0.3 is 5.11 Å². The molecule has 2 unspecified atom stereocenters. The molecule has 1 fully saturated rings. The van der Waals surface area contributed by atoms with E-state index in [1.165, 1.54) is 6.42 Å². The quantitative estimate of drug-likeness (QED) is 0.670. The molecule has 2 atom stereocenters. The predicted molar refractivity (Wildman–Crippen MR) is 91.1 cm³/mol. The number of rotatable bonds is 2. The second kappa shape index (κ2) is 6.48. The van der Waals surface area contributed by atoms with Crippen LogP contribution in [-0.4, -0.2) is 10.7 Å². The minimum Gasteiger partial charge on any atom is -0.390 e. The Bertz CT molecular complexity index is 492. The topological polar surface area (TPSA) is 20.2 Å². The van der Waals surface area contributed by atoms with Gasteiger partial charge >= 0.3 is 0 Å². The number of benzene rings is 1. The fraction of sp³-hybridized carbons (Fsp3) is 0.667. The Morgan fingerprint density at radius 2 is 1.90 bits per heavy atom. The molecule has 1 aromatic rings. The van der Waals surface area contributed by atoms with Crippen molar-refractivity contribution in [2.75, 3.05) is 0 Å². The minimum atomic E-state index is -0.645. The van der Waals surface area contributed by atoms with Crippen LogP contribution in [0.25, 0.3) is 0 Å². The highest BCUT2D eigenvalue weighted by Crippen LogP contribution is 2.41. The van der Waals surface area contributed by atoms with Crippen molar-refractivity contribution in [2.24, 2.45) is 11.3 Å². The molecule has 0 saturated heterocycles. The van der Waals surface area contributed by atoms with E-state index in [1.807, 2.05) is 12.1 Å². The molecule has 0 bridgehead atoms. The van der Waals surface area contributed by atoms with Crippen molar-refractivity contribution in [3.05, 3.63) is 33.8 Å². The molecule has 1 aromatic carbocycles. The first kappa shape index (κ1) is 17.1. The molecule has 0 amide bonds. The van der Waals surface area contributed by atoms with Crippen molar-refractivity contribution >= 4 is 23.2 Å². The zero-order chi connectivity index (χ0) is 15.7. The molecule has 3 heteroatoms. The van der Waals surface area contributed by atoms with Gasteiger partial charge in [0.15, 0.2) is 0 Å². The van der Waals surface area contributed by atoms with Crippen LogP contribution in [0, 0.1) is 11.3 Å². The first-order valence-electron chi connectivity index (χ1n) is 7.86. The zero-order valence-corrected chi connectivity index (χ0v) is 14.8. The Kier molecular flexibility index (Phi) is 5.28. The van der Waals surface area contributed by atoms with Crippen molar-refractivity contribution < 1.29 is 5.11 Å². The third-order valence-corrected chi connectivity index (χ3v) is 5.79. The second-order valence-corrected chi connectivity index (χ2v) is 8.39. The molecule has 0 heterocycles. The van der Waals surface area contributed by atoms with E-state index in [1.54, 1.807) is 6.07 Å². The highest BCUT2D eigenvalue weighted by Gasteiger charge is 2.35. The SMILES string of the molecule is CC(C)(C)C1CCCC(O)(Cc2cccc(Cl)c2Cl)CC1. The van der Waals surface area contributed by atoms with Gasteiger partial charge in [-0.3, -0.25) is 0 Å². The molecule has 0 spiro atoms. The summed E-state index contributed by atoms with van der Waals surface area (Å²) < 4.78 is 0. The number of halogens is 2. The van der Waals surface area contributed by atoms with Crippen LogP contribution in [0.15, 0.2) is 18.2 Å². The summed E-state index contributed by atoms with van der Waals surface area (Å²) in [4.78, 5) is 0. The smallest absolute Gasteiger partial charge is 0.0688 e. The minimum absolute atomic E-state index is 0.318. The van der Waals surface area contributed by atoms with Gasteiger partial charge in [-0.25, -0.2) is 0 Å². The number of hydrogen-bond donors (Lipinski definition) is 1. The van der Waals surface area contributed by atoms with Gasteiger partial charge in [-0.2, -0.15) is 0 Å². The monoisotopic (exact) mass is 328 g/mol. The average molecular weight is 329 g/mol. The summed E-state index contributed by atoms with van der Waals surface area (Å²) in [7, 11) is 0. The van der Waals surface area contributed by atoms with Crippen LogP contribution < -0.4 is 0 Å². The van der Waals surface area contributed by atoms with Crippen LogP contribution in [0.3, 0.4) is 0 Å². The van der Waals surface area contributed by atoms with Crippen molar-refractivity contribution in [1.82, 2.24) is 0 Å². The Hall–Kier alpha value is -0.240. The van der Waals surface area contributed by atoms with Gasteiger partial charge in [-0.05, 0) is 48.6 Å². The van der Waals surface area contributed by atoms with Crippen molar-refractivity contribution in [2.45, 2.75) is 64.9 Å². The van der Waals surface area contributed by atoms with E-state index in [0.29, 0.717) is 27.8 Å². The van der Waals surface area contributed by atoms with Gasteiger partial charge in [0.1, 0.15) is 0 Å². The first-order chi connectivity index (χ1) is 9.71. The van der Waals surface area contributed by atoms with Gasteiger partial charge in [-0.15, -0.1) is 0 Å². The van der Waals surface area contributed by atoms with Crippen LogP contribution >= 0.6 is 23.2 Å². The van der Waals surface area contributed by atoms with Crippen LogP contribution in [0.4, 0.5) is 0 Å². The molecule has 0 radical (unpaired) electrons. The molecule has 1 saturated carbocycles. The summed E-state index contributed by atoms with van der Waals surface area (Å²) in [5.74, 6) is 0.682. The lowest BCUT2D eigenvalue weighted by Gasteiger charge is -2.31. The molecular weight excluding hydrogens is 303 g/mol. The molecular formula is C18H26Cl2O. The molecule has 2 rings (SSSR count). The highest BCUT2D eigenvalue weighted by atomic mass is 35.5. The Balaban J connectivity index is 2.11. The van der Waals surface area contributed by atoms with Crippen LogP contribution in [0.1, 0.15) is 58.4 Å². The maximum atomic E-state index is 11.0. The Labute approximate surface area is 138 Å². The van der Waals surface area contributed by atoms with E-state index in [4.69, 9.17) is 23.2 Å². The molecule has 1 N–H and O–H groups in total. The fourth-order valence-corrected chi connectivity index (χ4v) is 3.86. The maximum Gasteiger partial charge on any atom is 0.0688 e. The van der Waals surface area contributed by atoms with Crippen molar-refractivity contribution in [3.8, 4) is 0 Å². The van der Waals surface area contributed by atoms with Crippen molar-refractivity contribution in [1.29, 1.82) is 0 Å². The van der Waals surface area contributed by atoms with Gasteiger partial charge in [0.05, 0.1) is 15.6 Å². The Morgan fingerprint density at radius 3 is 2.57 bits per heavy atom. The van der Waals surface area contributed by atoms with E-state index in [-0.39, 0.29) is 0 Å². The van der Waals surface area contributed by atoms with E-state index < -0.39 is 5.60 Å². The lowest BCUT2D eigenvalue weighted by molar-refractivity contribution is 0.0225. The van der Waals surface area contributed by atoms with E-state index in [2.05, 4.69) is 20.8 Å². The first-order valence-corrected chi connectivity index (χ1v) is 8.62. The molecule has 21 heavy (non-hydrogen) atoms. The standard InChI is InChI=1S/C18H26Cl2O/c1-17(2,3)14-7-5-10-18(21,11-9-14)12-13-6-4-8-15(19)16(13)20/h4,6,8,14,21H,5,7,9-12H2,1-3H3. The maximum absolute atomic E-state index is 11.0. The molecule has 1 nitrogen and oxygen atoms in total. The molecule has 0 aliphatic heterocycles. The van der Waals surface area contributed by atoms with E-state index in [9.17, 15) is 5.11 Å². The molecule has 1 aliphatic rings. The number of hydrogen-bond acceptors (Lipinski definition) is 1. The normalized spacial score (nSPS) is 27.4. The van der Waals surface area contributed by atoms with Gasteiger partial charge in [0, 0.05) is 6.42 Å². The van der Waals surface area contributed by atoms with Crippen LogP contribution in [0.5, 0.6) is 0 Å². The third-order valence-electron chi connectivity index (χ3n) is 4.93. The van der Waals surface area contributed by atoms with Gasteiger partial charge in [0.2, 0.25) is 0 Å². The van der Waals surface area contributed by atoms with Crippen LogP contribution in [-0.2, 0) is 6.42 Å². The summed E-state index contributed by atoms with van der Waals surface area (Å²) in [6.45, 7) is 6.90. The summed E-state index contributed by atoms with van der Waals surface area (Å²) in [6, 6.07) is 5.67. The number of aliphatic hydroxyl groups is 1. The largest absolute Gasteiger partial charge is 0.390 e. The molecule has 118 valence electrons. The van der Waals surface area contributed by atoms with Gasteiger partial charge in [0.25, 0.3) is 0 Å². The summed E-state index contributed by atoms with van der Waals surface area (Å²) >= 11 is 12.4. The third kappa shape index (κ3) is 4.37. The van der Waals surface area contributed by atoms with Gasteiger partial charge in [-0.1, -0.05) is 62.5 Å². The van der Waals surface area contributed by atoms with Crippen molar-refractivity contribution in [3.63, 3.8) is 0 Å². The summed E-state index contributed by atoms with van der Waals surface area (Å²) in [6.07, 6.45) is 5.66. The summed E-state index contributed by atoms with van der Waals surface area (Å²) in [5, 5.41) is 12.2. The predicted octanol–water partition coefficient (Wildman–Crippen LogP) is 5.89. The summed E-state index contributed by atoms with van der Waals surface area (Å²) in [5.41, 5.74) is 0.633. The average Bonchev–Trinajstić information content (AvgIpc) is 2.57. The second-order valence-electron chi connectivity index (χ2n) is 7.61. The van der Waals surface area contributed by atoms with E-state index >= 15 is 0 Å². The van der Waals surface area contributed by atoms with E-state index in [0.717, 1.165) is 31.2 Å². The molecule has 0 aromatic heterocycles. The lowest BCUT2D eigenvalue weighted by Crippen LogP contribution is -2.31. The van der Waals surface area contributed by atoms with Crippen LogP contribution in [0.2, 0.25) is 10.0 Å².